The van der Waals surface area contributed by atoms with Crippen LogP contribution >= 0.6 is 0 Å². The van der Waals surface area contributed by atoms with Gasteiger partial charge in [-0.1, -0.05) is 135 Å². The van der Waals surface area contributed by atoms with E-state index in [0.717, 1.165) is 41.1 Å². The third-order valence-electron chi connectivity index (χ3n) is 11.9. The van der Waals surface area contributed by atoms with Gasteiger partial charge in [0.15, 0.2) is 0 Å². The van der Waals surface area contributed by atoms with E-state index < -0.39 is 0 Å². The molecule has 0 amide bonds. The number of para-hydroxylation sites is 3. The summed E-state index contributed by atoms with van der Waals surface area (Å²) in [5.74, 6) is 0.730. The Labute approximate surface area is 313 Å². The molecule has 1 aliphatic heterocycles. The van der Waals surface area contributed by atoms with Crippen molar-refractivity contribution in [2.24, 2.45) is 15.4 Å². The molecule has 10 aromatic rings. The summed E-state index contributed by atoms with van der Waals surface area (Å²) in [5, 5.41) is 7.54. The quantitative estimate of drug-likeness (QED) is 0.176. The molecule has 0 radical (unpaired) electrons. The van der Waals surface area contributed by atoms with E-state index in [2.05, 4.69) is 187 Å². The van der Waals surface area contributed by atoms with Crippen molar-refractivity contribution in [3.05, 3.63) is 175 Å². The normalized spacial score (nSPS) is 16.4. The summed E-state index contributed by atoms with van der Waals surface area (Å²) >= 11 is 0. The van der Waals surface area contributed by atoms with Crippen molar-refractivity contribution < 1.29 is 0 Å². The van der Waals surface area contributed by atoms with Gasteiger partial charge in [-0.3, -0.25) is 4.57 Å². The van der Waals surface area contributed by atoms with Gasteiger partial charge in [0.1, 0.15) is 0 Å². The van der Waals surface area contributed by atoms with E-state index in [9.17, 15) is 0 Å². The lowest BCUT2D eigenvalue weighted by Crippen LogP contribution is -2.27. The molecule has 1 aliphatic rings. The van der Waals surface area contributed by atoms with Crippen LogP contribution in [0, 0.1) is 5.41 Å². The molecule has 54 heavy (non-hydrogen) atoms. The second-order valence-electron chi connectivity index (χ2n) is 15.5. The Balaban J connectivity index is 1.16. The molecule has 0 N–H and O–H groups in total. The van der Waals surface area contributed by atoms with Crippen molar-refractivity contribution in [2.75, 3.05) is 0 Å². The lowest BCUT2D eigenvalue weighted by molar-refractivity contribution is 0.271. The molecule has 4 nitrogen and oxygen atoms in total. The highest BCUT2D eigenvalue weighted by Crippen LogP contribution is 2.44. The third-order valence-corrected chi connectivity index (χ3v) is 11.9. The fraction of sp³-hybridized carbons (Fsp3) is 0.120. The molecule has 4 heteroatoms. The van der Waals surface area contributed by atoms with Crippen molar-refractivity contribution in [2.45, 2.75) is 32.7 Å². The highest BCUT2D eigenvalue weighted by atomic mass is 15.2. The lowest BCUT2D eigenvalue weighted by atomic mass is 9.76. The highest BCUT2D eigenvalue weighted by Gasteiger charge is 2.34. The maximum absolute atomic E-state index is 5.65. The number of hydrogen-bond acceptors (Lipinski definition) is 2. The topological polar surface area (TPSA) is 34.1 Å². The Morgan fingerprint density at radius 2 is 1.04 bits per heavy atom. The SMILES string of the molecule is CC1(C)CCC(c2ccccc2)=NC(n2c3ccccc3c3cc(-c4cc5c6ccccc6n6c7ccccc7c(c4)c56)ccc32)=NC1c1ccccc1. The molecule has 1 atom stereocenters. The Bertz CT molecular complexity index is 3040. The van der Waals surface area contributed by atoms with Gasteiger partial charge < -0.3 is 4.40 Å². The number of nitrogens with zero attached hydrogens (tertiary/aromatic N) is 4. The van der Waals surface area contributed by atoms with Gasteiger partial charge in [0.25, 0.3) is 0 Å². The predicted molar refractivity (Wildman–Crippen MR) is 228 cm³/mol. The second-order valence-corrected chi connectivity index (χ2v) is 15.5. The molecule has 0 spiro atoms. The van der Waals surface area contributed by atoms with E-state index >= 15 is 0 Å². The van der Waals surface area contributed by atoms with Gasteiger partial charge in [0, 0.05) is 32.3 Å². The van der Waals surface area contributed by atoms with Gasteiger partial charge in [-0.25, -0.2) is 9.98 Å². The molecule has 7 aromatic carbocycles. The molecule has 0 fully saturated rings. The molecule has 11 rings (SSSR count). The van der Waals surface area contributed by atoms with Crippen LogP contribution in [0.4, 0.5) is 0 Å². The summed E-state index contributed by atoms with van der Waals surface area (Å²) in [6.07, 6.45) is 1.84. The fourth-order valence-corrected chi connectivity index (χ4v) is 9.17. The number of aliphatic imine (C=N–C) groups is 2. The predicted octanol–water partition coefficient (Wildman–Crippen LogP) is 12.9. The molecular formula is C50H38N4. The van der Waals surface area contributed by atoms with Crippen molar-refractivity contribution in [1.82, 2.24) is 8.97 Å². The average molecular weight is 695 g/mol. The van der Waals surface area contributed by atoms with Gasteiger partial charge in [-0.05, 0) is 83.0 Å². The van der Waals surface area contributed by atoms with Gasteiger partial charge >= 0.3 is 0 Å². The summed E-state index contributed by atoms with van der Waals surface area (Å²) in [6.45, 7) is 4.71. The summed E-state index contributed by atoms with van der Waals surface area (Å²) in [4.78, 5) is 11.2. The smallest absolute Gasteiger partial charge is 0.230 e. The van der Waals surface area contributed by atoms with Crippen LogP contribution in [0.1, 0.15) is 43.9 Å². The molecule has 4 heterocycles. The van der Waals surface area contributed by atoms with Gasteiger partial charge in [-0.2, -0.15) is 0 Å². The molecule has 3 aromatic heterocycles. The highest BCUT2D eigenvalue weighted by molar-refractivity contribution is 6.25. The van der Waals surface area contributed by atoms with E-state index in [1.165, 1.54) is 65.6 Å². The van der Waals surface area contributed by atoms with E-state index in [1.807, 2.05) is 0 Å². The average Bonchev–Trinajstić information content (AvgIpc) is 3.85. The Kier molecular flexibility index (Phi) is 6.75. The minimum Gasteiger partial charge on any atom is -0.308 e. The first kappa shape index (κ1) is 31.0. The second kappa shape index (κ2) is 11.7. The van der Waals surface area contributed by atoms with Crippen LogP contribution in [0.2, 0.25) is 0 Å². The maximum Gasteiger partial charge on any atom is 0.230 e. The minimum atomic E-state index is -0.101. The number of benzene rings is 7. The zero-order chi connectivity index (χ0) is 36.0. The number of rotatable bonds is 3. The molecule has 0 aliphatic carbocycles. The molecule has 258 valence electrons. The number of fused-ring (bicyclic) bond motifs is 9. The largest absolute Gasteiger partial charge is 0.308 e. The zero-order valence-corrected chi connectivity index (χ0v) is 30.4. The standard InChI is InChI=1S/C50H38N4/c1-50(2)28-27-42(32-15-5-3-6-16-32)51-49(52-48(50)33-17-7-4-8-18-33)54-45-24-14-9-19-36(45)39-29-34(25-26-46(39)54)35-30-40-37-20-10-12-22-43(37)53-44-23-13-11-21-38(44)41(31-35)47(40)53/h3-26,29-31,48H,27-28H2,1-2H3. The number of aromatic nitrogens is 2. The molecule has 0 saturated heterocycles. The van der Waals surface area contributed by atoms with E-state index in [0.29, 0.717) is 0 Å². The van der Waals surface area contributed by atoms with E-state index in [-0.39, 0.29) is 11.5 Å². The van der Waals surface area contributed by atoms with Gasteiger partial charge in [-0.15, -0.1) is 0 Å². The molecular weight excluding hydrogens is 657 g/mol. The van der Waals surface area contributed by atoms with Crippen molar-refractivity contribution in [3.8, 4) is 11.1 Å². The van der Waals surface area contributed by atoms with Crippen LogP contribution in [0.25, 0.3) is 71.0 Å². The molecule has 0 bridgehead atoms. The Hall–Kier alpha value is -6.52. The first-order chi connectivity index (χ1) is 26.5. The van der Waals surface area contributed by atoms with Crippen LogP contribution in [0.5, 0.6) is 0 Å². The fourth-order valence-electron chi connectivity index (χ4n) is 9.17. The van der Waals surface area contributed by atoms with Gasteiger partial charge in [0.2, 0.25) is 5.96 Å². The van der Waals surface area contributed by atoms with Crippen molar-refractivity contribution in [1.29, 1.82) is 0 Å². The minimum absolute atomic E-state index is 0.0603. The first-order valence-corrected chi connectivity index (χ1v) is 19.0. The molecule has 1 unspecified atom stereocenters. The lowest BCUT2D eigenvalue weighted by Gasteiger charge is -2.34. The summed E-state index contributed by atoms with van der Waals surface area (Å²) in [7, 11) is 0. The first-order valence-electron chi connectivity index (χ1n) is 19.0. The van der Waals surface area contributed by atoms with Crippen LogP contribution in [-0.2, 0) is 0 Å². The van der Waals surface area contributed by atoms with Crippen molar-refractivity contribution in [3.63, 3.8) is 0 Å². The monoisotopic (exact) mass is 694 g/mol. The third kappa shape index (κ3) is 4.63. The Morgan fingerprint density at radius 1 is 0.500 bits per heavy atom. The molecule has 0 saturated carbocycles. The zero-order valence-electron chi connectivity index (χ0n) is 30.4. The van der Waals surface area contributed by atoms with Crippen LogP contribution in [-0.4, -0.2) is 20.6 Å². The maximum atomic E-state index is 5.65. The van der Waals surface area contributed by atoms with E-state index in [4.69, 9.17) is 9.98 Å². The van der Waals surface area contributed by atoms with Crippen LogP contribution < -0.4 is 0 Å². The van der Waals surface area contributed by atoms with Crippen LogP contribution in [0.3, 0.4) is 0 Å². The van der Waals surface area contributed by atoms with Crippen molar-refractivity contribution >= 4 is 71.6 Å². The Morgan fingerprint density at radius 3 is 1.70 bits per heavy atom. The van der Waals surface area contributed by atoms with Gasteiger partial charge in [0.05, 0.1) is 39.3 Å². The summed E-state index contributed by atoms with van der Waals surface area (Å²) in [5.41, 5.74) is 11.8. The summed E-state index contributed by atoms with van der Waals surface area (Å²) < 4.78 is 4.75. The van der Waals surface area contributed by atoms with Crippen LogP contribution in [0.15, 0.2) is 174 Å². The van der Waals surface area contributed by atoms with E-state index in [1.54, 1.807) is 0 Å². The summed E-state index contributed by atoms with van der Waals surface area (Å²) in [6, 6.07) is 59.4. The number of hydrogen-bond donors (Lipinski definition) is 0.